The lowest BCUT2D eigenvalue weighted by Crippen LogP contribution is -2.52. The number of hydrogen-bond acceptors (Lipinski definition) is 8. The lowest BCUT2D eigenvalue weighted by Gasteiger charge is -2.34. The molecule has 0 aliphatic carbocycles. The number of aromatic amines is 1. The van der Waals surface area contributed by atoms with Gasteiger partial charge >= 0.3 is 7.82 Å². The third-order valence-electron chi connectivity index (χ3n) is 5.75. The van der Waals surface area contributed by atoms with E-state index in [2.05, 4.69) is 14.5 Å². The van der Waals surface area contributed by atoms with E-state index < -0.39 is 26.1 Å². The Hall–Kier alpha value is -3.77. The first-order valence-electron chi connectivity index (χ1n) is 11.2. The minimum Gasteiger partial charge on any atom is -0.494 e. The highest BCUT2D eigenvalue weighted by molar-refractivity contribution is 7.46. The second kappa shape index (κ2) is 11.1. The number of carbonyl (C=O) groups is 3. The van der Waals surface area contributed by atoms with Crippen LogP contribution in [0.3, 0.4) is 0 Å². The number of methoxy groups -OCH3 is 1. The summed E-state index contributed by atoms with van der Waals surface area (Å²) in [6.45, 7) is 0.372. The maximum Gasteiger partial charge on any atom is 0.469 e. The highest BCUT2D eigenvalue weighted by Gasteiger charge is 2.31. The van der Waals surface area contributed by atoms with Gasteiger partial charge in [0.05, 0.1) is 30.9 Å². The molecular weight excluding hydrogens is 507 g/mol. The molecule has 3 aromatic rings. The molecule has 37 heavy (non-hydrogen) atoms. The van der Waals surface area contributed by atoms with Gasteiger partial charge in [0.2, 0.25) is 5.88 Å². The summed E-state index contributed by atoms with van der Waals surface area (Å²) in [7, 11) is -3.26. The maximum absolute atomic E-state index is 13.2. The Labute approximate surface area is 211 Å². The van der Waals surface area contributed by atoms with Gasteiger partial charge in [0, 0.05) is 37.9 Å². The number of phosphoric acid groups is 1. The van der Waals surface area contributed by atoms with Gasteiger partial charge in [0.25, 0.3) is 17.6 Å². The normalized spacial score (nSPS) is 14.0. The van der Waals surface area contributed by atoms with Crippen LogP contribution >= 0.6 is 7.82 Å². The second-order valence-electron chi connectivity index (χ2n) is 8.04. The number of Topliss-reactive ketones (excluding diaryl/α,β-unsaturated/α-hetero) is 1. The number of pyridine rings is 1. The lowest BCUT2D eigenvalue weighted by atomic mass is 10.1. The van der Waals surface area contributed by atoms with Gasteiger partial charge in [-0.05, 0) is 12.1 Å². The minimum absolute atomic E-state index is 0.0321. The molecule has 1 aromatic carbocycles. The summed E-state index contributed by atoms with van der Waals surface area (Å²) in [6.07, 6.45) is 2.66. The van der Waals surface area contributed by atoms with Crippen LogP contribution in [-0.2, 0) is 13.9 Å². The van der Waals surface area contributed by atoms with E-state index in [1.807, 2.05) is 6.07 Å². The molecule has 0 bridgehead atoms. The summed E-state index contributed by atoms with van der Waals surface area (Å²) in [6, 6.07) is 8.84. The number of ether oxygens (including phenoxy) is 2. The van der Waals surface area contributed by atoms with Crippen LogP contribution in [0.4, 0.5) is 0 Å². The quantitative estimate of drug-likeness (QED) is 0.158. The molecule has 2 aromatic heterocycles. The molecule has 3 heterocycles. The number of benzene rings is 1. The van der Waals surface area contributed by atoms with Gasteiger partial charge in [0.1, 0.15) is 17.9 Å². The number of carbonyl (C=O) groups excluding carboxylic acids is 3. The number of nitrogens with one attached hydrogen (secondary N) is 1. The Bertz CT molecular complexity index is 1350. The molecule has 1 aliphatic rings. The average molecular weight is 532 g/mol. The van der Waals surface area contributed by atoms with Crippen LogP contribution < -0.4 is 9.47 Å². The molecule has 13 nitrogen and oxygen atoms in total. The number of ketones is 1. The van der Waals surface area contributed by atoms with Gasteiger partial charge in [-0.25, -0.2) is 9.55 Å². The standard InChI is InChI=1S/C23H25N4O9P/c1-34-17-14-25-21(35-11-12-36-37(31,32)33)19-18(17)16(13-24-19)20(28)23(30)27-9-7-26(8-10-27)22(29)15-5-3-2-4-6-15/h2-6,13-14,24H,7-12H2,1H3,(H2,31,32,33). The third-order valence-corrected chi connectivity index (χ3v) is 6.27. The molecule has 1 saturated heterocycles. The van der Waals surface area contributed by atoms with Crippen molar-refractivity contribution in [2.45, 2.75) is 0 Å². The molecule has 3 N–H and O–H groups in total. The summed E-state index contributed by atoms with van der Waals surface area (Å²) in [5.41, 5.74) is 0.882. The van der Waals surface area contributed by atoms with Crippen molar-refractivity contribution in [3.05, 3.63) is 53.9 Å². The summed E-state index contributed by atoms with van der Waals surface area (Å²) in [5, 5.41) is 0.277. The zero-order chi connectivity index (χ0) is 26.6. The van der Waals surface area contributed by atoms with Gasteiger partial charge in [-0.1, -0.05) is 18.2 Å². The van der Waals surface area contributed by atoms with E-state index in [1.54, 1.807) is 29.2 Å². The fourth-order valence-electron chi connectivity index (χ4n) is 3.97. The lowest BCUT2D eigenvalue weighted by molar-refractivity contribution is -0.127. The van der Waals surface area contributed by atoms with Crippen molar-refractivity contribution >= 4 is 36.3 Å². The number of amides is 2. The van der Waals surface area contributed by atoms with Crippen molar-refractivity contribution in [1.82, 2.24) is 19.8 Å². The summed E-state index contributed by atoms with van der Waals surface area (Å²) in [5.74, 6) is -1.36. The van der Waals surface area contributed by atoms with Crippen LogP contribution in [0.1, 0.15) is 20.7 Å². The molecule has 4 rings (SSSR count). The first kappa shape index (κ1) is 26.3. The van der Waals surface area contributed by atoms with Crippen LogP contribution in [-0.4, -0.2) is 93.7 Å². The number of phosphoric ester groups is 1. The van der Waals surface area contributed by atoms with Crippen LogP contribution in [0.15, 0.2) is 42.7 Å². The van der Waals surface area contributed by atoms with E-state index in [4.69, 9.17) is 19.3 Å². The van der Waals surface area contributed by atoms with Gasteiger partial charge in [-0.2, -0.15) is 0 Å². The van der Waals surface area contributed by atoms with E-state index >= 15 is 0 Å². The average Bonchev–Trinajstić information content (AvgIpc) is 3.35. The summed E-state index contributed by atoms with van der Waals surface area (Å²) >= 11 is 0. The van der Waals surface area contributed by atoms with Crippen molar-refractivity contribution in [3.8, 4) is 11.6 Å². The van der Waals surface area contributed by atoms with Gasteiger partial charge in [-0.15, -0.1) is 0 Å². The fraction of sp³-hybridized carbons (Fsp3) is 0.304. The molecule has 1 aliphatic heterocycles. The number of piperazine rings is 1. The SMILES string of the molecule is COc1cnc(OCCOP(=O)(O)O)c2[nH]cc(C(=O)C(=O)N3CCN(C(=O)c4ccccc4)CC3)c12. The number of hydrogen-bond donors (Lipinski definition) is 3. The molecule has 14 heteroatoms. The summed E-state index contributed by atoms with van der Waals surface area (Å²) in [4.78, 5) is 66.5. The third kappa shape index (κ3) is 5.97. The molecule has 0 spiro atoms. The van der Waals surface area contributed by atoms with Crippen molar-refractivity contribution in [3.63, 3.8) is 0 Å². The van der Waals surface area contributed by atoms with E-state index in [1.165, 1.54) is 24.4 Å². The van der Waals surface area contributed by atoms with Crippen molar-refractivity contribution in [1.29, 1.82) is 0 Å². The Kier molecular flexibility index (Phi) is 7.89. The zero-order valence-electron chi connectivity index (χ0n) is 19.8. The smallest absolute Gasteiger partial charge is 0.469 e. The molecular formula is C23H25N4O9P. The molecule has 1 fully saturated rings. The Morgan fingerprint density at radius 2 is 1.73 bits per heavy atom. The Morgan fingerprint density at radius 1 is 1.05 bits per heavy atom. The van der Waals surface area contributed by atoms with Gasteiger partial charge in [0.15, 0.2) is 0 Å². The van der Waals surface area contributed by atoms with Crippen LogP contribution in [0.25, 0.3) is 10.9 Å². The van der Waals surface area contributed by atoms with E-state index in [0.717, 1.165) is 0 Å². The van der Waals surface area contributed by atoms with Crippen LogP contribution in [0.2, 0.25) is 0 Å². The second-order valence-corrected chi connectivity index (χ2v) is 9.28. The molecule has 0 saturated carbocycles. The van der Waals surface area contributed by atoms with E-state index in [-0.39, 0.29) is 53.7 Å². The number of nitrogens with zero attached hydrogens (tertiary/aromatic N) is 3. The zero-order valence-corrected chi connectivity index (χ0v) is 20.7. The maximum atomic E-state index is 13.2. The van der Waals surface area contributed by atoms with Crippen LogP contribution in [0, 0.1) is 0 Å². The Balaban J connectivity index is 1.46. The highest BCUT2D eigenvalue weighted by atomic mass is 31.2. The van der Waals surface area contributed by atoms with E-state index in [0.29, 0.717) is 18.7 Å². The molecule has 2 amide bonds. The van der Waals surface area contributed by atoms with Crippen molar-refractivity contribution in [2.75, 3.05) is 46.5 Å². The topological polar surface area (TPSA) is 172 Å². The number of rotatable bonds is 9. The highest BCUT2D eigenvalue weighted by Crippen LogP contribution is 2.36. The predicted octanol–water partition coefficient (Wildman–Crippen LogP) is 1.23. The molecule has 0 atom stereocenters. The monoisotopic (exact) mass is 532 g/mol. The Morgan fingerprint density at radius 3 is 2.38 bits per heavy atom. The number of fused-ring (bicyclic) bond motifs is 1. The predicted molar refractivity (Wildman–Crippen MR) is 129 cm³/mol. The molecule has 196 valence electrons. The largest absolute Gasteiger partial charge is 0.494 e. The number of aromatic nitrogens is 2. The van der Waals surface area contributed by atoms with Gasteiger partial charge in [-0.3, -0.25) is 18.9 Å². The van der Waals surface area contributed by atoms with Crippen molar-refractivity contribution < 1.29 is 42.7 Å². The van der Waals surface area contributed by atoms with Crippen molar-refractivity contribution in [2.24, 2.45) is 0 Å². The first-order valence-corrected chi connectivity index (χ1v) is 12.8. The van der Waals surface area contributed by atoms with E-state index in [9.17, 15) is 18.9 Å². The number of H-pyrrole nitrogens is 1. The summed E-state index contributed by atoms with van der Waals surface area (Å²) < 4.78 is 25.9. The molecule has 0 radical (unpaired) electrons. The van der Waals surface area contributed by atoms with Gasteiger partial charge < -0.3 is 34.0 Å². The van der Waals surface area contributed by atoms with Crippen LogP contribution in [0.5, 0.6) is 11.6 Å². The minimum atomic E-state index is -4.64. The molecule has 0 unspecified atom stereocenters. The first-order chi connectivity index (χ1) is 17.7. The fourth-order valence-corrected chi connectivity index (χ4v) is 4.28.